The van der Waals surface area contributed by atoms with Crippen LogP contribution in [-0.4, -0.2) is 0 Å². The quantitative estimate of drug-likeness (QED) is 0.460. The van der Waals surface area contributed by atoms with Crippen LogP contribution in [0.5, 0.6) is 5.75 Å². The lowest BCUT2D eigenvalue weighted by molar-refractivity contribution is -0.190. The molecule has 0 aromatic heterocycles. The zero-order valence-corrected chi connectivity index (χ0v) is 14.0. The molecule has 0 unspecified atom stereocenters. The molecule has 0 saturated heterocycles. The van der Waals surface area contributed by atoms with Crippen LogP contribution in [0, 0.1) is 25.5 Å². The SMILES string of the molecule is Cc1ccc(-c2ccc3c(c2F)C(F)(F)Oc2c-3ccc(C)c2F)cc1. The summed E-state index contributed by atoms with van der Waals surface area (Å²) in [6.45, 7) is 3.33. The second-order valence-corrected chi connectivity index (χ2v) is 6.41. The molecule has 1 aliphatic rings. The fourth-order valence-electron chi connectivity index (χ4n) is 3.19. The van der Waals surface area contributed by atoms with Gasteiger partial charge >= 0.3 is 6.11 Å². The Morgan fingerprint density at radius 1 is 0.731 bits per heavy atom. The molecule has 3 aromatic rings. The standard InChI is InChI=1S/C21H14F4O/c1-11-3-6-13(7-4-11)14-9-10-15-16-8-5-12(2)18(22)20(16)26-21(24,25)17(15)19(14)23/h3-10H,1-2H3. The molecule has 1 aliphatic heterocycles. The van der Waals surface area contributed by atoms with Gasteiger partial charge in [0.25, 0.3) is 0 Å². The van der Waals surface area contributed by atoms with Crippen molar-refractivity contribution in [2.75, 3.05) is 0 Å². The second kappa shape index (κ2) is 5.59. The van der Waals surface area contributed by atoms with Gasteiger partial charge in [0.2, 0.25) is 0 Å². The minimum atomic E-state index is -3.97. The Morgan fingerprint density at radius 3 is 2.04 bits per heavy atom. The second-order valence-electron chi connectivity index (χ2n) is 6.41. The maximum absolute atomic E-state index is 15.1. The maximum atomic E-state index is 15.1. The van der Waals surface area contributed by atoms with E-state index in [2.05, 4.69) is 4.74 Å². The lowest BCUT2D eigenvalue weighted by Crippen LogP contribution is -2.29. The van der Waals surface area contributed by atoms with Gasteiger partial charge in [0, 0.05) is 16.7 Å². The molecule has 26 heavy (non-hydrogen) atoms. The highest BCUT2D eigenvalue weighted by atomic mass is 19.3. The molecule has 0 spiro atoms. The highest BCUT2D eigenvalue weighted by molar-refractivity contribution is 5.80. The fourth-order valence-corrected chi connectivity index (χ4v) is 3.19. The van der Waals surface area contributed by atoms with Crippen LogP contribution >= 0.6 is 0 Å². The van der Waals surface area contributed by atoms with Gasteiger partial charge < -0.3 is 4.74 Å². The van der Waals surface area contributed by atoms with Crippen LogP contribution in [0.1, 0.15) is 16.7 Å². The molecule has 4 rings (SSSR count). The first-order chi connectivity index (χ1) is 12.3. The summed E-state index contributed by atoms with van der Waals surface area (Å²) in [4.78, 5) is 0. The van der Waals surface area contributed by atoms with Crippen LogP contribution in [0.15, 0.2) is 48.5 Å². The summed E-state index contributed by atoms with van der Waals surface area (Å²) in [6.07, 6.45) is -3.97. The largest absolute Gasteiger partial charge is 0.430 e. The van der Waals surface area contributed by atoms with Gasteiger partial charge in [-0.2, -0.15) is 8.78 Å². The van der Waals surface area contributed by atoms with Gasteiger partial charge in [0.1, 0.15) is 11.4 Å². The van der Waals surface area contributed by atoms with Crippen molar-refractivity contribution in [2.24, 2.45) is 0 Å². The van der Waals surface area contributed by atoms with Crippen LogP contribution < -0.4 is 4.74 Å². The third-order valence-electron chi connectivity index (χ3n) is 4.61. The zero-order valence-electron chi connectivity index (χ0n) is 14.0. The number of fused-ring (bicyclic) bond motifs is 3. The average molecular weight is 358 g/mol. The Bertz CT molecular complexity index is 1020. The van der Waals surface area contributed by atoms with E-state index in [1.807, 2.05) is 6.92 Å². The van der Waals surface area contributed by atoms with Gasteiger partial charge in [0.05, 0.1) is 0 Å². The van der Waals surface area contributed by atoms with Gasteiger partial charge in [-0.1, -0.05) is 54.1 Å². The molecule has 0 bridgehead atoms. The summed E-state index contributed by atoms with van der Waals surface area (Å²) in [5.41, 5.74) is 0.856. The number of halogens is 4. The van der Waals surface area contributed by atoms with E-state index in [4.69, 9.17) is 0 Å². The van der Waals surface area contributed by atoms with Crippen LogP contribution in [0.2, 0.25) is 0 Å². The predicted octanol–water partition coefficient (Wildman–Crippen LogP) is 6.36. The lowest BCUT2D eigenvalue weighted by Gasteiger charge is -2.29. The monoisotopic (exact) mass is 358 g/mol. The van der Waals surface area contributed by atoms with Crippen LogP contribution in [0.4, 0.5) is 17.6 Å². The van der Waals surface area contributed by atoms with Crippen LogP contribution in [0.3, 0.4) is 0 Å². The number of hydrogen-bond donors (Lipinski definition) is 0. The molecule has 1 heterocycles. The first-order valence-corrected chi connectivity index (χ1v) is 8.06. The van der Waals surface area contributed by atoms with Gasteiger partial charge in [-0.3, -0.25) is 0 Å². The maximum Gasteiger partial charge on any atom is 0.430 e. The van der Waals surface area contributed by atoms with Crippen molar-refractivity contribution in [2.45, 2.75) is 20.0 Å². The van der Waals surface area contributed by atoms with Gasteiger partial charge in [-0.25, -0.2) is 8.78 Å². The summed E-state index contributed by atoms with van der Waals surface area (Å²) in [6, 6.07) is 12.6. The van der Waals surface area contributed by atoms with Crippen LogP contribution in [-0.2, 0) is 6.11 Å². The van der Waals surface area contributed by atoms with E-state index in [1.165, 1.54) is 31.2 Å². The number of ether oxygens (including phenoxy) is 1. The van der Waals surface area contributed by atoms with Crippen molar-refractivity contribution in [3.05, 3.63) is 76.9 Å². The molecule has 3 aromatic carbocycles. The van der Waals surface area contributed by atoms with E-state index in [0.29, 0.717) is 5.56 Å². The molecular weight excluding hydrogens is 344 g/mol. The van der Waals surface area contributed by atoms with E-state index in [0.717, 1.165) is 5.56 Å². The molecule has 1 nitrogen and oxygen atoms in total. The molecule has 0 N–H and O–H groups in total. The fraction of sp³-hybridized carbons (Fsp3) is 0.143. The summed E-state index contributed by atoms with van der Waals surface area (Å²) >= 11 is 0. The van der Waals surface area contributed by atoms with Crippen molar-refractivity contribution >= 4 is 0 Å². The van der Waals surface area contributed by atoms with Gasteiger partial charge in [0.15, 0.2) is 11.6 Å². The summed E-state index contributed by atoms with van der Waals surface area (Å²) in [5.74, 6) is -2.48. The molecule has 5 heteroatoms. The van der Waals surface area contributed by atoms with E-state index in [9.17, 15) is 13.2 Å². The Hall–Kier alpha value is -2.82. The summed E-state index contributed by atoms with van der Waals surface area (Å²) in [5, 5.41) is 0. The molecule has 0 fully saturated rings. The molecular formula is C21H14F4O. The Morgan fingerprint density at radius 2 is 1.35 bits per heavy atom. The molecule has 0 amide bonds. The van der Waals surface area contributed by atoms with E-state index in [1.54, 1.807) is 24.3 Å². The number of rotatable bonds is 1. The Labute approximate surface area is 147 Å². The van der Waals surface area contributed by atoms with Crippen molar-refractivity contribution in [1.82, 2.24) is 0 Å². The first kappa shape index (κ1) is 16.6. The molecule has 0 saturated carbocycles. The molecule has 132 valence electrons. The highest BCUT2D eigenvalue weighted by Crippen LogP contribution is 2.50. The summed E-state index contributed by atoms with van der Waals surface area (Å²) in [7, 11) is 0. The highest BCUT2D eigenvalue weighted by Gasteiger charge is 2.46. The Balaban J connectivity index is 1.98. The van der Waals surface area contributed by atoms with Gasteiger partial charge in [-0.05, 0) is 25.0 Å². The lowest BCUT2D eigenvalue weighted by atomic mass is 9.90. The van der Waals surface area contributed by atoms with E-state index >= 15 is 4.39 Å². The van der Waals surface area contributed by atoms with Crippen molar-refractivity contribution in [3.8, 4) is 28.0 Å². The van der Waals surface area contributed by atoms with E-state index in [-0.39, 0.29) is 22.3 Å². The van der Waals surface area contributed by atoms with Crippen molar-refractivity contribution in [1.29, 1.82) is 0 Å². The van der Waals surface area contributed by atoms with Crippen LogP contribution in [0.25, 0.3) is 22.3 Å². The number of hydrogen-bond acceptors (Lipinski definition) is 1. The minimum absolute atomic E-state index is 0.0445. The summed E-state index contributed by atoms with van der Waals surface area (Å²) < 4.78 is 63.1. The normalized spacial score (nSPS) is 14.4. The number of aryl methyl sites for hydroxylation is 2. The Kier molecular flexibility index (Phi) is 3.58. The topological polar surface area (TPSA) is 9.23 Å². The zero-order chi connectivity index (χ0) is 18.6. The average Bonchev–Trinajstić information content (AvgIpc) is 2.59. The number of alkyl halides is 2. The first-order valence-electron chi connectivity index (χ1n) is 8.06. The smallest absolute Gasteiger partial charge is 0.425 e. The third kappa shape index (κ3) is 2.38. The molecule has 0 aliphatic carbocycles. The minimum Gasteiger partial charge on any atom is -0.425 e. The third-order valence-corrected chi connectivity index (χ3v) is 4.61. The van der Waals surface area contributed by atoms with Gasteiger partial charge in [-0.15, -0.1) is 0 Å². The predicted molar refractivity (Wildman–Crippen MR) is 91.2 cm³/mol. The van der Waals surface area contributed by atoms with E-state index < -0.39 is 29.1 Å². The van der Waals surface area contributed by atoms with Crippen molar-refractivity contribution < 1.29 is 22.3 Å². The van der Waals surface area contributed by atoms with Crippen molar-refractivity contribution in [3.63, 3.8) is 0 Å². The number of benzene rings is 3. The molecule has 0 radical (unpaired) electrons. The molecule has 0 atom stereocenters.